The van der Waals surface area contributed by atoms with Gasteiger partial charge in [-0.15, -0.1) is 0 Å². The fourth-order valence-electron chi connectivity index (χ4n) is 3.48. The maximum absolute atomic E-state index is 12.7. The number of aryl methyl sites for hydroxylation is 2. The molecule has 7 heteroatoms. The fourth-order valence-corrected chi connectivity index (χ4v) is 4.03. The van der Waals surface area contributed by atoms with E-state index in [0.29, 0.717) is 0 Å². The van der Waals surface area contributed by atoms with E-state index in [1.54, 1.807) is 20.8 Å². The molecule has 0 fully saturated rings. The minimum atomic E-state index is -3.22. The number of amides is 1. The maximum Gasteiger partial charge on any atom is 0.410 e. The molecule has 31 heavy (non-hydrogen) atoms. The summed E-state index contributed by atoms with van der Waals surface area (Å²) in [6.07, 6.45) is 0.621. The highest BCUT2D eigenvalue weighted by Gasteiger charge is 2.23. The highest BCUT2D eigenvalue weighted by atomic mass is 32.2. The van der Waals surface area contributed by atoms with Crippen LogP contribution in [0.2, 0.25) is 0 Å². The molecule has 0 atom stereocenters. The number of rotatable bonds is 7. The molecule has 0 aromatic heterocycles. The second kappa shape index (κ2) is 9.83. The van der Waals surface area contributed by atoms with Gasteiger partial charge in [0.25, 0.3) is 0 Å². The quantitative estimate of drug-likeness (QED) is 0.686. The molecule has 2 rings (SSSR count). The summed E-state index contributed by atoms with van der Waals surface area (Å²) in [4.78, 5) is 14.1. The highest BCUT2D eigenvalue weighted by molar-refractivity contribution is 7.90. The number of carbonyl (C=O) groups excluding carboxylic acids is 1. The van der Waals surface area contributed by atoms with Gasteiger partial charge in [0.2, 0.25) is 0 Å². The van der Waals surface area contributed by atoms with Gasteiger partial charge in [-0.1, -0.05) is 30.3 Å². The average molecular weight is 448 g/mol. The molecule has 0 aliphatic rings. The Labute approximate surface area is 185 Å². The Balaban J connectivity index is 2.34. The number of aliphatic hydroxyl groups excluding tert-OH is 1. The number of hydrogen-bond donors (Lipinski definition) is 1. The van der Waals surface area contributed by atoms with E-state index in [-0.39, 0.29) is 25.4 Å². The summed E-state index contributed by atoms with van der Waals surface area (Å²) in [7, 11) is -3.22. The number of benzene rings is 2. The van der Waals surface area contributed by atoms with Gasteiger partial charge in [-0.05, 0) is 74.1 Å². The molecule has 0 radical (unpaired) electrons. The number of aliphatic hydroxyl groups is 1. The first-order valence-electron chi connectivity index (χ1n) is 10.2. The Morgan fingerprint density at radius 1 is 1.06 bits per heavy atom. The van der Waals surface area contributed by atoms with Crippen LogP contribution in [0.5, 0.6) is 0 Å². The second-order valence-corrected chi connectivity index (χ2v) is 11.3. The molecular formula is C24H33NO5S. The number of carbonyl (C=O) groups is 1. The summed E-state index contributed by atoms with van der Waals surface area (Å²) < 4.78 is 28.8. The highest BCUT2D eigenvalue weighted by Crippen LogP contribution is 2.30. The van der Waals surface area contributed by atoms with Crippen molar-refractivity contribution in [1.29, 1.82) is 0 Å². The lowest BCUT2D eigenvalue weighted by Gasteiger charge is -2.28. The average Bonchev–Trinajstić information content (AvgIpc) is 2.62. The van der Waals surface area contributed by atoms with E-state index < -0.39 is 21.5 Å². The van der Waals surface area contributed by atoms with Crippen LogP contribution in [0.4, 0.5) is 4.79 Å². The Morgan fingerprint density at radius 3 is 2.19 bits per heavy atom. The summed E-state index contributed by atoms with van der Waals surface area (Å²) in [5.41, 5.74) is 5.25. The molecule has 1 N–H and O–H groups in total. The SMILES string of the molecule is Cc1cc(CN(CCS(C)(=O)=O)C(=O)OC(C)(C)C)cc(C)c1-c1cccc(CO)c1. The van der Waals surface area contributed by atoms with Gasteiger partial charge in [0.05, 0.1) is 12.4 Å². The van der Waals surface area contributed by atoms with E-state index in [4.69, 9.17) is 4.74 Å². The molecule has 0 aliphatic heterocycles. The molecule has 0 spiro atoms. The van der Waals surface area contributed by atoms with Crippen LogP contribution < -0.4 is 0 Å². The Kier molecular flexibility index (Phi) is 7.89. The van der Waals surface area contributed by atoms with Crippen LogP contribution in [0, 0.1) is 13.8 Å². The van der Waals surface area contributed by atoms with Crippen LogP contribution in [0.3, 0.4) is 0 Å². The first kappa shape index (κ1) is 24.9. The number of sulfone groups is 1. The van der Waals surface area contributed by atoms with Crippen molar-refractivity contribution < 1.29 is 23.1 Å². The second-order valence-electron chi connectivity index (χ2n) is 8.99. The van der Waals surface area contributed by atoms with Crippen LogP contribution in [0.15, 0.2) is 36.4 Å². The molecule has 0 unspecified atom stereocenters. The third-order valence-electron chi connectivity index (χ3n) is 4.75. The lowest BCUT2D eigenvalue weighted by molar-refractivity contribution is 0.0246. The fraction of sp³-hybridized carbons (Fsp3) is 0.458. The van der Waals surface area contributed by atoms with Crippen LogP contribution >= 0.6 is 0 Å². The standard InChI is InChI=1S/C24H33NO5S/c1-17-12-20(13-18(2)22(17)21-9-7-8-19(14-21)16-26)15-25(10-11-31(6,28)29)23(27)30-24(3,4)5/h7-9,12-14,26H,10-11,15-16H2,1-6H3. The van der Waals surface area contributed by atoms with E-state index in [1.807, 2.05) is 50.2 Å². The minimum absolute atomic E-state index is 0.0186. The minimum Gasteiger partial charge on any atom is -0.444 e. The number of hydrogen-bond acceptors (Lipinski definition) is 5. The van der Waals surface area contributed by atoms with Gasteiger partial charge in [-0.3, -0.25) is 0 Å². The van der Waals surface area contributed by atoms with Gasteiger partial charge in [-0.25, -0.2) is 13.2 Å². The molecule has 6 nitrogen and oxygen atoms in total. The van der Waals surface area contributed by atoms with E-state index in [2.05, 4.69) is 0 Å². The summed E-state index contributed by atoms with van der Waals surface area (Å²) >= 11 is 0. The number of nitrogens with zero attached hydrogens (tertiary/aromatic N) is 1. The molecule has 0 saturated heterocycles. The summed E-state index contributed by atoms with van der Waals surface area (Å²) in [6, 6.07) is 11.8. The Morgan fingerprint density at radius 2 is 1.68 bits per heavy atom. The summed E-state index contributed by atoms with van der Waals surface area (Å²) in [5.74, 6) is -0.129. The molecule has 2 aromatic carbocycles. The third kappa shape index (κ3) is 7.67. The smallest absolute Gasteiger partial charge is 0.410 e. The van der Waals surface area contributed by atoms with Crippen LogP contribution in [-0.2, 0) is 27.7 Å². The lowest BCUT2D eigenvalue weighted by atomic mass is 9.92. The monoisotopic (exact) mass is 447 g/mol. The molecule has 0 aliphatic carbocycles. The topological polar surface area (TPSA) is 83.9 Å². The Bertz CT molecular complexity index is 1020. The van der Waals surface area contributed by atoms with E-state index in [9.17, 15) is 18.3 Å². The molecule has 2 aromatic rings. The first-order valence-corrected chi connectivity index (χ1v) is 12.3. The molecule has 0 saturated carbocycles. The molecule has 1 amide bonds. The number of ether oxygens (including phenoxy) is 1. The van der Waals surface area contributed by atoms with E-state index >= 15 is 0 Å². The zero-order valence-electron chi connectivity index (χ0n) is 19.2. The third-order valence-corrected chi connectivity index (χ3v) is 5.67. The van der Waals surface area contributed by atoms with Crippen molar-refractivity contribution in [3.05, 3.63) is 58.7 Å². The Hall–Kier alpha value is -2.38. The van der Waals surface area contributed by atoms with Gasteiger partial charge < -0.3 is 14.7 Å². The normalized spacial score (nSPS) is 12.0. The van der Waals surface area contributed by atoms with E-state index in [0.717, 1.165) is 39.6 Å². The van der Waals surface area contributed by atoms with Crippen molar-refractivity contribution in [3.63, 3.8) is 0 Å². The summed E-state index contributed by atoms with van der Waals surface area (Å²) in [6.45, 7) is 9.65. The zero-order chi connectivity index (χ0) is 23.4. The predicted octanol–water partition coefficient (Wildman–Crippen LogP) is 4.24. The molecule has 170 valence electrons. The van der Waals surface area contributed by atoms with Crippen LogP contribution in [0.25, 0.3) is 11.1 Å². The first-order chi connectivity index (χ1) is 14.3. The zero-order valence-corrected chi connectivity index (χ0v) is 20.0. The van der Waals surface area contributed by atoms with Gasteiger partial charge in [0.15, 0.2) is 0 Å². The van der Waals surface area contributed by atoms with Crippen molar-refractivity contribution >= 4 is 15.9 Å². The van der Waals surface area contributed by atoms with Crippen molar-refractivity contribution in [2.24, 2.45) is 0 Å². The molecule has 0 heterocycles. The molecule has 0 bridgehead atoms. The van der Waals surface area contributed by atoms with Crippen molar-refractivity contribution in [2.45, 2.75) is 53.4 Å². The van der Waals surface area contributed by atoms with E-state index in [1.165, 1.54) is 4.90 Å². The molecular weight excluding hydrogens is 414 g/mol. The van der Waals surface area contributed by atoms with Crippen LogP contribution in [-0.4, -0.2) is 48.7 Å². The van der Waals surface area contributed by atoms with Crippen molar-refractivity contribution in [1.82, 2.24) is 4.90 Å². The maximum atomic E-state index is 12.7. The van der Waals surface area contributed by atoms with Crippen molar-refractivity contribution in [3.8, 4) is 11.1 Å². The summed E-state index contributed by atoms with van der Waals surface area (Å²) in [5, 5.41) is 9.44. The van der Waals surface area contributed by atoms with Gasteiger partial charge in [0.1, 0.15) is 15.4 Å². The predicted molar refractivity (Wildman–Crippen MR) is 124 cm³/mol. The van der Waals surface area contributed by atoms with Gasteiger partial charge in [0, 0.05) is 19.3 Å². The lowest BCUT2D eigenvalue weighted by Crippen LogP contribution is -2.39. The van der Waals surface area contributed by atoms with Crippen LogP contribution in [0.1, 0.15) is 43.0 Å². The van der Waals surface area contributed by atoms with Gasteiger partial charge >= 0.3 is 6.09 Å². The largest absolute Gasteiger partial charge is 0.444 e. The van der Waals surface area contributed by atoms with Crippen molar-refractivity contribution in [2.75, 3.05) is 18.6 Å². The van der Waals surface area contributed by atoms with Gasteiger partial charge in [-0.2, -0.15) is 0 Å².